The van der Waals surface area contributed by atoms with Crippen LogP contribution < -0.4 is 0 Å². The highest BCUT2D eigenvalue weighted by atomic mass is 14.3. The van der Waals surface area contributed by atoms with E-state index < -0.39 is 120 Å². The zero-order valence-electron chi connectivity index (χ0n) is 45.2. The van der Waals surface area contributed by atoms with Crippen LogP contribution in [-0.2, 0) is 0 Å². The largest absolute Gasteiger partial charge is 0.0629 e. The van der Waals surface area contributed by atoms with Crippen molar-refractivity contribution in [1.29, 1.82) is 0 Å². The van der Waals surface area contributed by atoms with Crippen molar-refractivity contribution in [3.63, 3.8) is 0 Å². The lowest BCUT2D eigenvalue weighted by molar-refractivity contribution is 1.58. The Morgan fingerprint density at radius 1 is 0.269 bits per heavy atom. The number of hydrogen-bond acceptors (Lipinski definition) is 0. The van der Waals surface area contributed by atoms with Gasteiger partial charge >= 0.3 is 0 Å². The molecule has 0 radical (unpaired) electrons. The van der Waals surface area contributed by atoms with Gasteiger partial charge in [0.25, 0.3) is 0 Å². The standard InChI is InChI=1S/C52H34/c1-3-17-36(18-4-1)41-27-14-28-42(37-19-5-2-6-20-37)51(41)52-48-24-11-9-22-46(48)50(47-23-10-12-25-49(47)52)45-31-15-29-43-40(26-13-30-44(43)45)39-33-32-35-16-7-8-21-38(35)34-39/h1-34H/i1D,2D,3D,4D,5D,6D,9D,10D,11D,12D,17D,18D,19D,20D,22D,23D,24D,25D. The summed E-state index contributed by atoms with van der Waals surface area (Å²) in [6.07, 6.45) is 0. The predicted octanol–water partition coefficient (Wildman–Crippen LogP) is 14.6. The Hall–Kier alpha value is -6.76. The van der Waals surface area contributed by atoms with E-state index in [1.165, 1.54) is 18.2 Å². The van der Waals surface area contributed by atoms with Crippen molar-refractivity contribution in [2.45, 2.75) is 0 Å². The second-order valence-corrected chi connectivity index (χ2v) is 12.2. The maximum absolute atomic E-state index is 9.76. The number of hydrogen-bond donors (Lipinski definition) is 0. The van der Waals surface area contributed by atoms with Gasteiger partial charge in [-0.15, -0.1) is 0 Å². The number of fused-ring (bicyclic) bond motifs is 4. The van der Waals surface area contributed by atoms with Crippen LogP contribution >= 0.6 is 0 Å². The van der Waals surface area contributed by atoms with E-state index in [1.807, 2.05) is 66.7 Å². The van der Waals surface area contributed by atoms with E-state index in [0.29, 0.717) is 16.3 Å². The fourth-order valence-corrected chi connectivity index (χ4v) is 7.29. The first kappa shape index (κ1) is 17.0. The number of rotatable bonds is 5. The maximum atomic E-state index is 9.76. The van der Waals surface area contributed by atoms with Gasteiger partial charge in [0.15, 0.2) is 0 Å². The van der Waals surface area contributed by atoms with Crippen LogP contribution in [0.25, 0.3) is 98.7 Å². The van der Waals surface area contributed by atoms with E-state index in [9.17, 15) is 5.48 Å². The molecule has 0 amide bonds. The summed E-state index contributed by atoms with van der Waals surface area (Å²) in [5, 5.41) is 2.25. The summed E-state index contributed by atoms with van der Waals surface area (Å²) in [4.78, 5) is 0. The van der Waals surface area contributed by atoms with Crippen molar-refractivity contribution in [1.82, 2.24) is 0 Å². The Morgan fingerprint density at radius 2 is 0.731 bits per heavy atom. The Labute approximate surface area is 329 Å². The van der Waals surface area contributed by atoms with Crippen LogP contribution in [0, 0.1) is 0 Å². The van der Waals surface area contributed by atoms with E-state index in [2.05, 4.69) is 0 Å². The van der Waals surface area contributed by atoms with Crippen molar-refractivity contribution < 1.29 is 24.7 Å². The van der Waals surface area contributed by atoms with Gasteiger partial charge in [-0.05, 0) is 105 Å². The average Bonchev–Trinajstić information content (AvgIpc) is 3.37. The van der Waals surface area contributed by atoms with Crippen LogP contribution in [0.2, 0.25) is 0 Å². The van der Waals surface area contributed by atoms with Crippen LogP contribution in [0.3, 0.4) is 0 Å². The zero-order chi connectivity index (χ0) is 50.1. The molecule has 0 heterocycles. The van der Waals surface area contributed by atoms with Gasteiger partial charge in [-0.25, -0.2) is 0 Å². The molecule has 0 aliphatic carbocycles. The predicted molar refractivity (Wildman–Crippen MR) is 224 cm³/mol. The molecule has 0 fully saturated rings. The highest BCUT2D eigenvalue weighted by molar-refractivity contribution is 6.25. The van der Waals surface area contributed by atoms with Crippen LogP contribution in [0.4, 0.5) is 0 Å². The monoisotopic (exact) mass is 676 g/mol. The molecule has 0 atom stereocenters. The van der Waals surface area contributed by atoms with E-state index in [4.69, 9.17) is 19.2 Å². The summed E-state index contributed by atoms with van der Waals surface area (Å²) in [6, 6.07) is 16.2. The van der Waals surface area contributed by atoms with Crippen molar-refractivity contribution in [3.05, 3.63) is 206 Å². The van der Waals surface area contributed by atoms with Crippen LogP contribution in [-0.4, -0.2) is 0 Å². The zero-order valence-corrected chi connectivity index (χ0v) is 27.2. The highest BCUT2D eigenvalue weighted by Crippen LogP contribution is 2.50. The summed E-state index contributed by atoms with van der Waals surface area (Å²) in [7, 11) is 0. The molecule has 0 aromatic heterocycles. The van der Waals surface area contributed by atoms with Crippen molar-refractivity contribution in [3.8, 4) is 55.6 Å². The van der Waals surface area contributed by atoms with Crippen LogP contribution in [0.15, 0.2) is 206 Å². The molecule has 0 saturated heterocycles. The molecule has 0 spiro atoms. The quantitative estimate of drug-likeness (QED) is 0.159. The summed E-state index contributed by atoms with van der Waals surface area (Å²) >= 11 is 0. The van der Waals surface area contributed by atoms with Crippen molar-refractivity contribution >= 4 is 43.1 Å². The fourth-order valence-electron chi connectivity index (χ4n) is 7.29. The Morgan fingerprint density at radius 3 is 1.33 bits per heavy atom. The first-order valence-electron chi connectivity index (χ1n) is 25.5. The van der Waals surface area contributed by atoms with Gasteiger partial charge in [0.1, 0.15) is 0 Å². The average molecular weight is 677 g/mol. The Balaban J connectivity index is 1.49. The first-order valence-corrected chi connectivity index (χ1v) is 16.5. The molecule has 52 heavy (non-hydrogen) atoms. The Bertz CT molecular complexity index is 3770. The van der Waals surface area contributed by atoms with E-state index >= 15 is 0 Å². The smallest absolute Gasteiger partial charge is 0.0622 e. The second-order valence-electron chi connectivity index (χ2n) is 12.2. The van der Waals surface area contributed by atoms with Gasteiger partial charge in [0, 0.05) is 0 Å². The maximum Gasteiger partial charge on any atom is 0.0629 e. The van der Waals surface area contributed by atoms with Gasteiger partial charge < -0.3 is 0 Å². The van der Waals surface area contributed by atoms with Crippen LogP contribution in [0.5, 0.6) is 0 Å². The van der Waals surface area contributed by atoms with Crippen LogP contribution in [0.1, 0.15) is 24.7 Å². The van der Waals surface area contributed by atoms with E-state index in [-0.39, 0.29) is 49.4 Å². The summed E-state index contributed by atoms with van der Waals surface area (Å²) in [6.45, 7) is 0. The lowest BCUT2D eigenvalue weighted by Gasteiger charge is -2.23. The van der Waals surface area contributed by atoms with E-state index in [0.717, 1.165) is 21.9 Å². The minimum absolute atomic E-state index is 0.0126. The number of benzene rings is 10. The summed E-state index contributed by atoms with van der Waals surface area (Å²) < 4.78 is 164. The lowest BCUT2D eigenvalue weighted by Crippen LogP contribution is -1.95. The molecule has 0 bridgehead atoms. The van der Waals surface area contributed by atoms with Crippen molar-refractivity contribution in [2.75, 3.05) is 0 Å². The summed E-state index contributed by atoms with van der Waals surface area (Å²) in [5.74, 6) is 0. The fraction of sp³-hybridized carbons (Fsp3) is 0. The lowest BCUT2D eigenvalue weighted by atomic mass is 9.80. The first-order chi connectivity index (χ1) is 33.3. The van der Waals surface area contributed by atoms with Gasteiger partial charge in [0.2, 0.25) is 0 Å². The third-order valence-electron chi connectivity index (χ3n) is 9.48. The van der Waals surface area contributed by atoms with Gasteiger partial charge in [-0.1, -0.05) is 200 Å². The highest BCUT2D eigenvalue weighted by Gasteiger charge is 2.22. The molecule has 0 nitrogen and oxygen atoms in total. The molecule has 0 N–H and O–H groups in total. The van der Waals surface area contributed by atoms with Gasteiger partial charge in [-0.2, -0.15) is 0 Å². The molecule has 242 valence electrons. The molecular weight excluding hydrogens is 625 g/mol. The normalized spacial score (nSPS) is 16.3. The minimum Gasteiger partial charge on any atom is -0.0622 e. The second kappa shape index (κ2) is 12.5. The Kier molecular flexibility index (Phi) is 4.09. The molecule has 10 aromatic rings. The molecule has 0 heteroatoms. The van der Waals surface area contributed by atoms with Crippen molar-refractivity contribution in [2.24, 2.45) is 0 Å². The molecule has 0 saturated carbocycles. The molecule has 10 rings (SSSR count). The third kappa shape index (κ3) is 4.92. The SMILES string of the molecule is [2H]c1c([2H])c([2H])c(-c2cccc(-c3c([2H])c([2H])c([2H])c([2H])c3[2H])c2-c2c3c([2H])c([2H])c([2H])c([2H])c3c(-c3cccc4c(-c5ccc6ccccc6c5)cccc34)c3c([2H])c([2H])c([2H])c([2H])c23)c([2H])c1[2H]. The topological polar surface area (TPSA) is 0 Å². The summed E-state index contributed by atoms with van der Waals surface area (Å²) in [5.41, 5.74) is 0.0926. The van der Waals surface area contributed by atoms with E-state index in [1.54, 1.807) is 12.1 Å². The van der Waals surface area contributed by atoms with Gasteiger partial charge in [-0.3, -0.25) is 0 Å². The molecule has 10 aromatic carbocycles. The molecule has 0 aliphatic rings. The molecule has 0 unspecified atom stereocenters. The molecular formula is C52H34. The molecule has 0 aliphatic heterocycles. The van der Waals surface area contributed by atoms with Gasteiger partial charge in [0.05, 0.1) is 24.7 Å². The minimum atomic E-state index is -0.747. The third-order valence-corrected chi connectivity index (χ3v) is 9.48.